The van der Waals surface area contributed by atoms with E-state index >= 15 is 0 Å². The highest BCUT2D eigenvalue weighted by atomic mass is 16.3. The van der Waals surface area contributed by atoms with Crippen LogP contribution in [-0.2, 0) is 0 Å². The lowest BCUT2D eigenvalue weighted by molar-refractivity contribution is 0.0249. The van der Waals surface area contributed by atoms with Crippen LogP contribution in [0.15, 0.2) is 0 Å². The Hall–Kier alpha value is -0.0800. The minimum atomic E-state index is -4.25. The summed E-state index contributed by atoms with van der Waals surface area (Å²) in [6.07, 6.45) is -8.36. The van der Waals surface area contributed by atoms with Crippen molar-refractivity contribution in [1.29, 1.82) is 0 Å². The smallest absolute Gasteiger partial charge is 0.0616 e. The average molecular weight is 130 g/mol. The minimum Gasteiger partial charge on any atom is -0.393 e. The van der Waals surface area contributed by atoms with Gasteiger partial charge in [0.15, 0.2) is 0 Å². The SMILES string of the molecule is [2H]C([2H])([2H])C([2H])(O)C([2H])([2H])C(O)(C([2H])([2H])[2H])C([2H])([2H])[2H]. The standard InChI is InChI=1S/C6H14O2/c1-5(7)4-6(2,3)8/h5,7-8H,4H2,1-3H3/i1D3,2D3,3D3,4D2,5D. The van der Waals surface area contributed by atoms with Crippen molar-refractivity contribution < 1.29 is 26.7 Å². The van der Waals surface area contributed by atoms with Crippen molar-refractivity contribution in [2.24, 2.45) is 0 Å². The van der Waals surface area contributed by atoms with Crippen molar-refractivity contribution >= 4 is 0 Å². The van der Waals surface area contributed by atoms with E-state index in [2.05, 4.69) is 0 Å². The highest BCUT2D eigenvalue weighted by molar-refractivity contribution is 4.67. The van der Waals surface area contributed by atoms with Crippen molar-refractivity contribution in [2.75, 3.05) is 0 Å². The summed E-state index contributed by atoms with van der Waals surface area (Å²) in [6, 6.07) is 0. The summed E-state index contributed by atoms with van der Waals surface area (Å²) in [5, 5.41) is 19.4. The fraction of sp³-hybridized carbons (Fsp3) is 1.00. The Labute approximate surface area is 67.0 Å². The quantitative estimate of drug-likeness (QED) is 0.572. The van der Waals surface area contributed by atoms with Crippen molar-refractivity contribution in [1.82, 2.24) is 0 Å². The van der Waals surface area contributed by atoms with E-state index in [1.807, 2.05) is 0 Å². The van der Waals surface area contributed by atoms with E-state index in [0.717, 1.165) is 0 Å². The lowest BCUT2D eigenvalue weighted by atomic mass is 10.0. The number of aliphatic hydroxyl groups is 2. The molecule has 0 amide bonds. The molecule has 0 aliphatic carbocycles. The maximum atomic E-state index is 9.88. The Morgan fingerprint density at radius 2 is 2.62 bits per heavy atom. The first kappa shape index (κ1) is 1.06. The van der Waals surface area contributed by atoms with Gasteiger partial charge >= 0.3 is 0 Å². The van der Waals surface area contributed by atoms with E-state index in [4.69, 9.17) is 16.4 Å². The minimum absolute atomic E-state index is 3.79. The molecule has 0 aliphatic heterocycles. The molecule has 0 spiro atoms. The number of hydrogen-bond donors (Lipinski definition) is 2. The number of hydrogen-bond acceptors (Lipinski definition) is 2. The Morgan fingerprint density at radius 3 is 3.00 bits per heavy atom. The van der Waals surface area contributed by atoms with Gasteiger partial charge in [0.05, 0.1) is 13.1 Å². The van der Waals surface area contributed by atoms with Gasteiger partial charge in [-0.2, -0.15) is 0 Å². The molecular formula is C6H14O2. The molecule has 0 saturated carbocycles. The van der Waals surface area contributed by atoms with Crippen LogP contribution < -0.4 is 0 Å². The average Bonchev–Trinajstić information content (AvgIpc) is 2.10. The molecule has 0 saturated heterocycles. The molecule has 2 heteroatoms. The molecule has 0 aromatic carbocycles. The third-order valence-electron chi connectivity index (χ3n) is 0.299. The fourth-order valence-corrected chi connectivity index (χ4v) is 0.171. The summed E-state index contributed by atoms with van der Waals surface area (Å²) < 4.78 is 84.3. The monoisotopic (exact) mass is 130 g/mol. The van der Waals surface area contributed by atoms with Crippen molar-refractivity contribution in [2.45, 2.75) is 38.6 Å². The normalized spacial score (nSPS) is 48.8. The molecule has 0 heterocycles. The van der Waals surface area contributed by atoms with Crippen molar-refractivity contribution in [3.05, 3.63) is 0 Å². The van der Waals surface area contributed by atoms with E-state index < -0.39 is 38.6 Å². The van der Waals surface area contributed by atoms with Gasteiger partial charge in [0, 0.05) is 21.5 Å². The third-order valence-corrected chi connectivity index (χ3v) is 0.299. The summed E-state index contributed by atoms with van der Waals surface area (Å²) >= 11 is 0. The highest BCUT2D eigenvalue weighted by Crippen LogP contribution is 2.09. The first-order valence-corrected chi connectivity index (χ1v) is 1.70. The maximum Gasteiger partial charge on any atom is 0.0616 e. The lowest BCUT2D eigenvalue weighted by Gasteiger charge is -2.17. The van der Waals surface area contributed by atoms with Crippen molar-refractivity contribution in [3.63, 3.8) is 0 Å². The van der Waals surface area contributed by atoms with Crippen LogP contribution in [0.2, 0.25) is 0 Å². The second-order valence-corrected chi connectivity index (χ2v) is 1.18. The zero-order valence-corrected chi connectivity index (χ0v) is 3.89. The van der Waals surface area contributed by atoms with E-state index in [9.17, 15) is 10.2 Å². The predicted molar refractivity (Wildman–Crippen MR) is 32.6 cm³/mol. The van der Waals surface area contributed by atoms with Crippen molar-refractivity contribution in [3.8, 4) is 0 Å². The first-order valence-electron chi connectivity index (χ1n) is 7.70. The van der Waals surface area contributed by atoms with Gasteiger partial charge in [-0.3, -0.25) is 0 Å². The summed E-state index contributed by atoms with van der Waals surface area (Å²) in [5.74, 6) is 0. The summed E-state index contributed by atoms with van der Waals surface area (Å²) in [6.45, 7) is -11.6. The molecule has 0 radical (unpaired) electrons. The highest BCUT2D eigenvalue weighted by Gasteiger charge is 2.14. The second kappa shape index (κ2) is 2.46. The van der Waals surface area contributed by atoms with Gasteiger partial charge in [-0.1, -0.05) is 0 Å². The topological polar surface area (TPSA) is 40.5 Å². The number of rotatable bonds is 2. The zero-order chi connectivity index (χ0) is 17.0. The summed E-state index contributed by atoms with van der Waals surface area (Å²) in [4.78, 5) is 0. The van der Waals surface area contributed by atoms with E-state index in [-0.39, 0.29) is 0 Å². The molecule has 0 aliphatic rings. The Kier molecular flexibility index (Phi) is 0.326. The van der Waals surface area contributed by atoms with Gasteiger partial charge in [0.1, 0.15) is 0 Å². The van der Waals surface area contributed by atoms with Gasteiger partial charge in [-0.25, -0.2) is 0 Å². The molecule has 0 aromatic heterocycles. The van der Waals surface area contributed by atoms with Gasteiger partial charge in [0.25, 0.3) is 0 Å². The van der Waals surface area contributed by atoms with Gasteiger partial charge in [-0.15, -0.1) is 0 Å². The molecule has 0 fully saturated rings. The van der Waals surface area contributed by atoms with Gasteiger partial charge in [-0.05, 0) is 20.6 Å². The molecule has 1 unspecified atom stereocenters. The van der Waals surface area contributed by atoms with E-state index in [1.165, 1.54) is 0 Å². The predicted octanol–water partition coefficient (Wildman–Crippen LogP) is 0.528. The van der Waals surface area contributed by atoms with Crippen LogP contribution in [0.4, 0.5) is 0 Å². The molecule has 2 N–H and O–H groups in total. The van der Waals surface area contributed by atoms with Crippen LogP contribution in [-0.4, -0.2) is 21.9 Å². The van der Waals surface area contributed by atoms with Crippen LogP contribution in [0.5, 0.6) is 0 Å². The van der Waals surface area contributed by atoms with Crippen LogP contribution in [0.1, 0.15) is 43.4 Å². The van der Waals surface area contributed by atoms with Gasteiger partial charge < -0.3 is 10.2 Å². The first-order chi connectivity index (χ1) is 8.25. The Balaban J connectivity index is 6.38. The molecule has 8 heavy (non-hydrogen) atoms. The van der Waals surface area contributed by atoms with Crippen LogP contribution in [0.3, 0.4) is 0 Å². The molecule has 50 valence electrons. The molecule has 0 aromatic rings. The summed E-state index contributed by atoms with van der Waals surface area (Å²) in [7, 11) is 0. The Bertz CT molecular complexity index is 346. The fourth-order valence-electron chi connectivity index (χ4n) is 0.171. The second-order valence-electron chi connectivity index (χ2n) is 1.18. The molecule has 1 atom stereocenters. The zero-order valence-electron chi connectivity index (χ0n) is 15.9. The molecular weight excluding hydrogens is 104 g/mol. The largest absolute Gasteiger partial charge is 0.393 e. The van der Waals surface area contributed by atoms with Crippen LogP contribution in [0.25, 0.3) is 0 Å². The van der Waals surface area contributed by atoms with Crippen LogP contribution >= 0.6 is 0 Å². The van der Waals surface area contributed by atoms with Gasteiger partial charge in [0.2, 0.25) is 0 Å². The third kappa shape index (κ3) is 5.92. The molecule has 2 nitrogen and oxygen atoms in total. The van der Waals surface area contributed by atoms with E-state index in [0.29, 0.717) is 0 Å². The maximum absolute atomic E-state index is 9.88. The Morgan fingerprint density at radius 1 is 2.00 bits per heavy atom. The molecule has 0 rings (SSSR count). The van der Waals surface area contributed by atoms with E-state index in [1.54, 1.807) is 0 Å². The van der Waals surface area contributed by atoms with Crippen LogP contribution in [0, 0.1) is 0 Å². The molecule has 0 bridgehead atoms. The summed E-state index contributed by atoms with van der Waals surface area (Å²) in [5.41, 5.74) is -4.25. The lowest BCUT2D eigenvalue weighted by Crippen LogP contribution is -2.24.